The summed E-state index contributed by atoms with van der Waals surface area (Å²) in [6.45, 7) is 5.59. The van der Waals surface area contributed by atoms with Crippen molar-refractivity contribution in [3.05, 3.63) is 18.0 Å². The number of ether oxygens (including phenoxy) is 1. The first-order chi connectivity index (χ1) is 9.72. The first kappa shape index (κ1) is 14.8. The minimum Gasteiger partial charge on any atom is -0.458 e. The summed E-state index contributed by atoms with van der Waals surface area (Å²) in [6.07, 6.45) is 7.97. The smallest absolute Gasteiger partial charge is 0.316 e. The molecule has 1 aromatic rings. The topological polar surface area (TPSA) is 55.3 Å². The molecular formula is C15H23N3O2. The molecular weight excluding hydrogens is 254 g/mol. The lowest BCUT2D eigenvalue weighted by Gasteiger charge is -2.32. The molecule has 1 atom stereocenters. The van der Waals surface area contributed by atoms with Gasteiger partial charge in [0, 0.05) is 25.4 Å². The molecule has 1 fully saturated rings. The van der Waals surface area contributed by atoms with Crippen molar-refractivity contribution in [3.8, 4) is 6.01 Å². The lowest BCUT2D eigenvalue weighted by atomic mass is 10.1. The average molecular weight is 277 g/mol. The van der Waals surface area contributed by atoms with E-state index < -0.39 is 0 Å². The van der Waals surface area contributed by atoms with E-state index in [0.29, 0.717) is 19.0 Å². The Bertz CT molecular complexity index is 433. The number of likely N-dealkylation sites (tertiary alicyclic amines) is 1. The molecule has 5 nitrogen and oxygen atoms in total. The average Bonchev–Trinajstić information content (AvgIpc) is 2.48. The molecule has 2 heterocycles. The third-order valence-electron chi connectivity index (χ3n) is 3.56. The Morgan fingerprint density at radius 3 is 2.80 bits per heavy atom. The summed E-state index contributed by atoms with van der Waals surface area (Å²) in [4.78, 5) is 22.2. The minimum absolute atomic E-state index is 0.0111. The van der Waals surface area contributed by atoms with Gasteiger partial charge >= 0.3 is 6.01 Å². The van der Waals surface area contributed by atoms with Crippen molar-refractivity contribution in [3.63, 3.8) is 0 Å². The molecule has 1 aromatic heterocycles. The quantitative estimate of drug-likeness (QED) is 0.828. The van der Waals surface area contributed by atoms with Crippen LogP contribution in [0.5, 0.6) is 6.01 Å². The predicted octanol–water partition coefficient (Wildman–Crippen LogP) is 2.21. The van der Waals surface area contributed by atoms with Crippen LogP contribution in [0.1, 0.15) is 45.1 Å². The van der Waals surface area contributed by atoms with Crippen molar-refractivity contribution >= 4 is 5.91 Å². The highest BCUT2D eigenvalue weighted by molar-refractivity contribution is 5.76. The monoisotopic (exact) mass is 277 g/mol. The van der Waals surface area contributed by atoms with Crippen LogP contribution in [0.4, 0.5) is 0 Å². The summed E-state index contributed by atoms with van der Waals surface area (Å²) >= 11 is 0. The van der Waals surface area contributed by atoms with Crippen LogP contribution in [-0.2, 0) is 11.2 Å². The second-order valence-electron chi connectivity index (χ2n) is 5.20. The van der Waals surface area contributed by atoms with Gasteiger partial charge in [-0.1, -0.05) is 13.8 Å². The lowest BCUT2D eigenvalue weighted by molar-refractivity contribution is -0.133. The van der Waals surface area contributed by atoms with Gasteiger partial charge in [0.05, 0.1) is 6.54 Å². The van der Waals surface area contributed by atoms with Gasteiger partial charge in [-0.25, -0.2) is 9.97 Å². The summed E-state index contributed by atoms with van der Waals surface area (Å²) < 4.78 is 5.80. The summed E-state index contributed by atoms with van der Waals surface area (Å²) in [5.74, 6) is 0.225. The molecule has 0 radical (unpaired) electrons. The van der Waals surface area contributed by atoms with Crippen LogP contribution in [0, 0.1) is 0 Å². The number of aryl methyl sites for hydroxylation is 1. The number of hydrogen-bond donors (Lipinski definition) is 0. The Kier molecular flexibility index (Phi) is 5.32. The van der Waals surface area contributed by atoms with Crippen LogP contribution in [0.25, 0.3) is 0 Å². The number of carbonyl (C=O) groups is 1. The van der Waals surface area contributed by atoms with Crippen LogP contribution in [0.2, 0.25) is 0 Å². The van der Waals surface area contributed by atoms with Crippen molar-refractivity contribution in [1.82, 2.24) is 14.9 Å². The molecule has 1 aliphatic rings. The van der Waals surface area contributed by atoms with E-state index in [4.69, 9.17) is 4.74 Å². The van der Waals surface area contributed by atoms with E-state index in [1.807, 2.05) is 11.8 Å². The normalized spacial score (nSPS) is 18.9. The molecule has 0 aliphatic carbocycles. The zero-order chi connectivity index (χ0) is 14.4. The van der Waals surface area contributed by atoms with Crippen LogP contribution < -0.4 is 4.74 Å². The third kappa shape index (κ3) is 3.92. The summed E-state index contributed by atoms with van der Waals surface area (Å²) in [5.41, 5.74) is 1.10. The Balaban J connectivity index is 1.90. The highest BCUT2D eigenvalue weighted by atomic mass is 16.5. The highest BCUT2D eigenvalue weighted by Crippen LogP contribution is 2.16. The number of nitrogens with zero attached hydrogens (tertiary/aromatic N) is 3. The van der Waals surface area contributed by atoms with E-state index >= 15 is 0 Å². The maximum atomic E-state index is 11.9. The molecule has 1 amide bonds. The number of amides is 1. The van der Waals surface area contributed by atoms with E-state index in [1.165, 1.54) is 0 Å². The van der Waals surface area contributed by atoms with Crippen LogP contribution in [0.3, 0.4) is 0 Å². The maximum absolute atomic E-state index is 11.9. The lowest BCUT2D eigenvalue weighted by Crippen LogP contribution is -2.44. The molecule has 1 saturated heterocycles. The zero-order valence-corrected chi connectivity index (χ0v) is 12.3. The fourth-order valence-electron chi connectivity index (χ4n) is 2.37. The van der Waals surface area contributed by atoms with Gasteiger partial charge in [-0.05, 0) is 31.2 Å². The number of hydrogen-bond acceptors (Lipinski definition) is 4. The minimum atomic E-state index is 0.0111. The molecule has 0 aromatic carbocycles. The molecule has 0 bridgehead atoms. The van der Waals surface area contributed by atoms with E-state index in [9.17, 15) is 4.79 Å². The van der Waals surface area contributed by atoms with Crippen LogP contribution in [0.15, 0.2) is 12.4 Å². The first-order valence-corrected chi connectivity index (χ1v) is 7.48. The fourth-order valence-corrected chi connectivity index (χ4v) is 2.37. The van der Waals surface area contributed by atoms with E-state index in [2.05, 4.69) is 16.9 Å². The molecule has 0 spiro atoms. The van der Waals surface area contributed by atoms with Gasteiger partial charge in [0.2, 0.25) is 5.91 Å². The van der Waals surface area contributed by atoms with E-state index in [-0.39, 0.29) is 12.0 Å². The second kappa shape index (κ2) is 7.22. The fraction of sp³-hybridized carbons (Fsp3) is 0.667. The Morgan fingerprint density at radius 2 is 2.15 bits per heavy atom. The van der Waals surface area contributed by atoms with E-state index in [0.717, 1.165) is 37.8 Å². The van der Waals surface area contributed by atoms with Crippen LogP contribution in [-0.4, -0.2) is 40.0 Å². The number of carbonyl (C=O) groups excluding carboxylic acids is 1. The van der Waals surface area contributed by atoms with Crippen molar-refractivity contribution in [2.24, 2.45) is 0 Å². The molecule has 2 rings (SSSR count). The molecule has 20 heavy (non-hydrogen) atoms. The summed E-state index contributed by atoms with van der Waals surface area (Å²) in [6, 6.07) is 0.414. The number of aromatic nitrogens is 2. The van der Waals surface area contributed by atoms with Crippen LogP contribution >= 0.6 is 0 Å². The van der Waals surface area contributed by atoms with Crippen molar-refractivity contribution in [2.75, 3.05) is 13.1 Å². The van der Waals surface area contributed by atoms with Gasteiger partial charge in [-0.2, -0.15) is 0 Å². The van der Waals surface area contributed by atoms with Crippen molar-refractivity contribution in [1.29, 1.82) is 0 Å². The van der Waals surface area contributed by atoms with Gasteiger partial charge in [0.15, 0.2) is 0 Å². The summed E-state index contributed by atoms with van der Waals surface area (Å²) in [7, 11) is 0. The van der Waals surface area contributed by atoms with Crippen molar-refractivity contribution in [2.45, 2.75) is 52.1 Å². The Morgan fingerprint density at radius 1 is 1.40 bits per heavy atom. The van der Waals surface area contributed by atoms with E-state index in [1.54, 1.807) is 12.4 Å². The van der Waals surface area contributed by atoms with Gasteiger partial charge in [0.25, 0.3) is 0 Å². The summed E-state index contributed by atoms with van der Waals surface area (Å²) in [5, 5.41) is 0. The maximum Gasteiger partial charge on any atom is 0.316 e. The van der Waals surface area contributed by atoms with Gasteiger partial charge in [-0.15, -0.1) is 0 Å². The SMILES string of the molecule is CCCC(=O)N1CCCC(Oc2ncc(CC)cn2)C1. The molecule has 0 N–H and O–H groups in total. The number of rotatable bonds is 5. The number of piperidine rings is 1. The van der Waals surface area contributed by atoms with Gasteiger partial charge in [0.1, 0.15) is 6.10 Å². The van der Waals surface area contributed by atoms with Crippen molar-refractivity contribution < 1.29 is 9.53 Å². The standard InChI is InChI=1S/C15H23N3O2/c1-3-6-14(19)18-8-5-7-13(11-18)20-15-16-9-12(4-2)10-17-15/h9-10,13H,3-8,11H2,1-2H3. The highest BCUT2D eigenvalue weighted by Gasteiger charge is 2.24. The largest absolute Gasteiger partial charge is 0.458 e. The second-order valence-corrected chi connectivity index (χ2v) is 5.20. The predicted molar refractivity (Wildman–Crippen MR) is 76.5 cm³/mol. The Labute approximate surface area is 120 Å². The van der Waals surface area contributed by atoms with Gasteiger partial charge < -0.3 is 9.64 Å². The Hall–Kier alpha value is -1.65. The molecule has 5 heteroatoms. The first-order valence-electron chi connectivity index (χ1n) is 7.48. The molecule has 0 saturated carbocycles. The van der Waals surface area contributed by atoms with Gasteiger partial charge in [-0.3, -0.25) is 4.79 Å². The third-order valence-corrected chi connectivity index (χ3v) is 3.56. The molecule has 1 unspecified atom stereocenters. The zero-order valence-electron chi connectivity index (χ0n) is 12.3. The molecule has 110 valence electrons. The molecule has 1 aliphatic heterocycles.